The van der Waals surface area contributed by atoms with E-state index in [4.69, 9.17) is 17.2 Å². The van der Waals surface area contributed by atoms with Crippen molar-refractivity contribution in [2.45, 2.75) is 49.6 Å². The lowest BCUT2D eigenvalue weighted by Gasteiger charge is -2.22. The highest BCUT2D eigenvalue weighted by Gasteiger charge is 2.33. The zero-order valence-electron chi connectivity index (χ0n) is 20.1. The van der Waals surface area contributed by atoms with Crippen molar-refractivity contribution in [2.24, 2.45) is 17.2 Å². The Labute approximate surface area is 212 Å². The lowest BCUT2D eigenvalue weighted by atomic mass is 10.0. The predicted molar refractivity (Wildman–Crippen MR) is 132 cm³/mol. The Kier molecular flexibility index (Phi) is 9.24. The summed E-state index contributed by atoms with van der Waals surface area (Å²) in [6.45, 7) is 0.515. The number of hydrogen-bond donors (Lipinski definition) is 5. The molecule has 0 aromatic heterocycles. The van der Waals surface area contributed by atoms with E-state index < -0.39 is 35.6 Å². The number of nitrogens with zero attached hydrogens (tertiary/aromatic N) is 1. The van der Waals surface area contributed by atoms with Gasteiger partial charge in [0.25, 0.3) is 0 Å². The van der Waals surface area contributed by atoms with E-state index in [0.717, 1.165) is 17.7 Å². The highest BCUT2D eigenvalue weighted by molar-refractivity contribution is 5.98. The third-order valence-corrected chi connectivity index (χ3v) is 6.15. The SMILES string of the molecule is N[C@@H]1CN(C(=O)C[C@H](N)C(=O)N[C@@H](CCc2ccccc2)C(=O)Nc2cccc(C(F)(F)F)c2)C[C@@H]1N. The molecular weight excluding hydrogens is 489 g/mol. The van der Waals surface area contributed by atoms with Crippen LogP contribution in [0.25, 0.3) is 0 Å². The largest absolute Gasteiger partial charge is 0.416 e. The van der Waals surface area contributed by atoms with Crippen molar-refractivity contribution in [1.82, 2.24) is 10.2 Å². The van der Waals surface area contributed by atoms with E-state index in [-0.39, 0.29) is 49.6 Å². The van der Waals surface area contributed by atoms with Crippen molar-refractivity contribution in [3.63, 3.8) is 0 Å². The summed E-state index contributed by atoms with van der Waals surface area (Å²) in [4.78, 5) is 39.8. The van der Waals surface area contributed by atoms with Crippen molar-refractivity contribution in [1.29, 1.82) is 0 Å². The van der Waals surface area contributed by atoms with Gasteiger partial charge in [-0.3, -0.25) is 14.4 Å². The van der Waals surface area contributed by atoms with Crippen molar-refractivity contribution in [2.75, 3.05) is 18.4 Å². The van der Waals surface area contributed by atoms with E-state index in [2.05, 4.69) is 10.6 Å². The van der Waals surface area contributed by atoms with Crippen LogP contribution in [0.1, 0.15) is 24.0 Å². The second-order valence-electron chi connectivity index (χ2n) is 9.09. The Balaban J connectivity index is 1.67. The molecule has 1 fully saturated rings. The quantitative estimate of drug-likeness (QED) is 0.332. The fourth-order valence-electron chi connectivity index (χ4n) is 3.97. The summed E-state index contributed by atoms with van der Waals surface area (Å²) in [5.41, 5.74) is 17.5. The van der Waals surface area contributed by atoms with Crippen LogP contribution in [-0.4, -0.2) is 59.9 Å². The van der Waals surface area contributed by atoms with Crippen LogP contribution in [0.4, 0.5) is 18.9 Å². The molecule has 12 heteroatoms. The number of rotatable bonds is 9. The molecule has 0 unspecified atom stereocenters. The number of hydrogen-bond acceptors (Lipinski definition) is 6. The number of nitrogens with two attached hydrogens (primary N) is 3. The molecule has 0 aliphatic carbocycles. The van der Waals surface area contributed by atoms with Gasteiger partial charge < -0.3 is 32.7 Å². The lowest BCUT2D eigenvalue weighted by Crippen LogP contribution is -2.51. The first-order valence-corrected chi connectivity index (χ1v) is 11.8. The molecule has 0 spiro atoms. The number of benzene rings is 2. The number of amides is 3. The molecule has 3 rings (SSSR count). The molecule has 8 N–H and O–H groups in total. The first kappa shape index (κ1) is 28.1. The van der Waals surface area contributed by atoms with Gasteiger partial charge in [0.2, 0.25) is 17.7 Å². The number of carbonyl (C=O) groups excluding carboxylic acids is 3. The van der Waals surface area contributed by atoms with Crippen molar-refractivity contribution >= 4 is 23.4 Å². The van der Waals surface area contributed by atoms with Gasteiger partial charge in [-0.1, -0.05) is 36.4 Å². The number of likely N-dealkylation sites (tertiary alicyclic amines) is 1. The molecular formula is C25H31F3N6O3. The van der Waals surface area contributed by atoms with Gasteiger partial charge in [-0.2, -0.15) is 13.2 Å². The second kappa shape index (κ2) is 12.2. The number of nitrogens with one attached hydrogen (secondary N) is 2. The Morgan fingerprint density at radius 1 is 0.973 bits per heavy atom. The third-order valence-electron chi connectivity index (χ3n) is 6.15. The Morgan fingerprint density at radius 2 is 1.62 bits per heavy atom. The van der Waals surface area contributed by atoms with Crippen LogP contribution in [0.3, 0.4) is 0 Å². The molecule has 37 heavy (non-hydrogen) atoms. The minimum Gasteiger partial charge on any atom is -0.343 e. The third kappa shape index (κ3) is 8.00. The van der Waals surface area contributed by atoms with Crippen LogP contribution in [-0.2, 0) is 27.0 Å². The van der Waals surface area contributed by atoms with E-state index in [0.29, 0.717) is 6.42 Å². The normalized spacial score (nSPS) is 19.2. The summed E-state index contributed by atoms with van der Waals surface area (Å²) >= 11 is 0. The van der Waals surface area contributed by atoms with Gasteiger partial charge in [-0.15, -0.1) is 0 Å². The molecule has 200 valence electrons. The summed E-state index contributed by atoms with van der Waals surface area (Å²) in [5, 5.41) is 4.98. The Bertz CT molecular complexity index is 1090. The zero-order chi connectivity index (χ0) is 27.2. The molecule has 1 aliphatic rings. The van der Waals surface area contributed by atoms with Crippen LogP contribution >= 0.6 is 0 Å². The summed E-state index contributed by atoms with van der Waals surface area (Å²) in [7, 11) is 0. The number of carbonyl (C=O) groups is 3. The topological polar surface area (TPSA) is 157 Å². The zero-order valence-corrected chi connectivity index (χ0v) is 20.1. The van der Waals surface area contributed by atoms with Crippen LogP contribution in [0.5, 0.6) is 0 Å². The average molecular weight is 521 g/mol. The highest BCUT2D eigenvalue weighted by atomic mass is 19.4. The van der Waals surface area contributed by atoms with Gasteiger partial charge in [0.05, 0.1) is 18.0 Å². The first-order chi connectivity index (χ1) is 17.4. The standard InChI is InChI=1S/C25H31F3N6O3/c26-25(27,28)16-7-4-8-17(11-16)32-24(37)21(10-9-15-5-2-1-3-6-15)33-23(36)18(29)12-22(35)34-13-19(30)20(31)14-34/h1-8,11,18-21H,9-10,12-14,29-31H2,(H,32,37)(H,33,36)/t18-,19-,20+,21-/m0/s1. The molecule has 1 saturated heterocycles. The predicted octanol–water partition coefficient (Wildman–Crippen LogP) is 0.976. The van der Waals surface area contributed by atoms with E-state index >= 15 is 0 Å². The smallest absolute Gasteiger partial charge is 0.343 e. The number of alkyl halides is 3. The van der Waals surface area contributed by atoms with Crippen molar-refractivity contribution in [3.8, 4) is 0 Å². The second-order valence-corrected chi connectivity index (χ2v) is 9.09. The van der Waals surface area contributed by atoms with E-state index in [9.17, 15) is 27.6 Å². The molecule has 2 aromatic carbocycles. The molecule has 2 aromatic rings. The molecule has 1 aliphatic heterocycles. The van der Waals surface area contributed by atoms with Gasteiger partial charge >= 0.3 is 6.18 Å². The monoisotopic (exact) mass is 520 g/mol. The van der Waals surface area contributed by atoms with E-state index in [1.807, 2.05) is 30.3 Å². The maximum Gasteiger partial charge on any atom is 0.416 e. The van der Waals surface area contributed by atoms with E-state index in [1.54, 1.807) is 0 Å². The summed E-state index contributed by atoms with van der Waals surface area (Å²) in [6.07, 6.45) is -4.34. The Hall–Kier alpha value is -3.48. The fourth-order valence-corrected chi connectivity index (χ4v) is 3.97. The van der Waals surface area contributed by atoms with Crippen LogP contribution in [0.15, 0.2) is 54.6 Å². The molecule has 0 radical (unpaired) electrons. The number of anilines is 1. The fraction of sp³-hybridized carbons (Fsp3) is 0.400. The minimum absolute atomic E-state index is 0.0695. The molecule has 9 nitrogen and oxygen atoms in total. The van der Waals surface area contributed by atoms with Gasteiger partial charge in [0, 0.05) is 30.9 Å². The van der Waals surface area contributed by atoms with Crippen LogP contribution < -0.4 is 27.8 Å². The van der Waals surface area contributed by atoms with E-state index in [1.165, 1.54) is 17.0 Å². The number of aryl methyl sites for hydroxylation is 1. The van der Waals surface area contributed by atoms with Crippen molar-refractivity contribution in [3.05, 3.63) is 65.7 Å². The van der Waals surface area contributed by atoms with Crippen LogP contribution in [0, 0.1) is 0 Å². The van der Waals surface area contributed by atoms with Crippen molar-refractivity contribution < 1.29 is 27.6 Å². The van der Waals surface area contributed by atoms with Gasteiger partial charge in [0.1, 0.15) is 6.04 Å². The molecule has 0 bridgehead atoms. The molecule has 3 amide bonds. The number of halogens is 3. The molecule has 4 atom stereocenters. The van der Waals surface area contributed by atoms with Gasteiger partial charge in [-0.25, -0.2) is 0 Å². The summed E-state index contributed by atoms with van der Waals surface area (Å²) < 4.78 is 39.2. The van der Waals surface area contributed by atoms with Gasteiger partial charge in [-0.05, 0) is 36.6 Å². The molecule has 0 saturated carbocycles. The lowest BCUT2D eigenvalue weighted by molar-refractivity contribution is -0.137. The van der Waals surface area contributed by atoms with Gasteiger partial charge in [0.15, 0.2) is 0 Å². The first-order valence-electron chi connectivity index (χ1n) is 11.8. The van der Waals surface area contributed by atoms with Crippen LogP contribution in [0.2, 0.25) is 0 Å². The summed E-state index contributed by atoms with van der Waals surface area (Å²) in [6, 6.07) is 10.3. The summed E-state index contributed by atoms with van der Waals surface area (Å²) in [5.74, 6) is -1.84. The maximum absolute atomic E-state index is 13.1. The maximum atomic E-state index is 13.1. The average Bonchev–Trinajstić information content (AvgIpc) is 3.20. The Morgan fingerprint density at radius 3 is 2.24 bits per heavy atom. The molecule has 1 heterocycles. The highest BCUT2D eigenvalue weighted by Crippen LogP contribution is 2.30. The minimum atomic E-state index is -4.58.